The zero-order valence-electron chi connectivity index (χ0n) is 26.2. The molecule has 0 saturated heterocycles. The van der Waals surface area contributed by atoms with E-state index >= 15 is 0 Å². The number of fused-ring (bicyclic) bond motifs is 1. The lowest BCUT2D eigenvalue weighted by Gasteiger charge is -2.28. The van der Waals surface area contributed by atoms with Gasteiger partial charge in [-0.15, -0.1) is 0 Å². The molecule has 0 bridgehead atoms. The van der Waals surface area contributed by atoms with E-state index in [9.17, 15) is 14.4 Å². The van der Waals surface area contributed by atoms with Crippen LogP contribution < -0.4 is 44.5 Å². The fourth-order valence-corrected chi connectivity index (χ4v) is 4.84. The van der Waals surface area contributed by atoms with Crippen molar-refractivity contribution in [3.63, 3.8) is 0 Å². The van der Waals surface area contributed by atoms with Gasteiger partial charge in [-0.3, -0.25) is 4.79 Å². The maximum atomic E-state index is 12.6. The summed E-state index contributed by atoms with van der Waals surface area (Å²) in [5, 5.41) is 9.33. The maximum Gasteiger partial charge on any atom is 0.338 e. The number of allylic oxidation sites excluding steroid dienone is 1. The van der Waals surface area contributed by atoms with E-state index in [2.05, 4.69) is 21.2 Å². The lowest BCUT2D eigenvalue weighted by Crippen LogP contribution is -2.45. The molecule has 0 aliphatic carbocycles. The molecule has 1 atom stereocenters. The molecular weight excluding hydrogens is 612 g/mol. The molecule has 246 valence electrons. The molecule has 14 nitrogen and oxygen atoms in total. The SMILES string of the molecule is CCOC(=O)C1=C(C)NC(=O)N[C@H]1c1ccc(OCC(=O)N/N=C\c2ccc(OCc3ccc4c(c3)OCO4)c(OC)c2)c(OC)c1. The molecule has 3 N–H and O–H groups in total. The van der Waals surface area contributed by atoms with Gasteiger partial charge in [0.1, 0.15) is 6.61 Å². The van der Waals surface area contributed by atoms with Gasteiger partial charge < -0.3 is 43.8 Å². The van der Waals surface area contributed by atoms with Gasteiger partial charge in [-0.1, -0.05) is 12.1 Å². The van der Waals surface area contributed by atoms with Crippen molar-refractivity contribution in [1.82, 2.24) is 16.1 Å². The summed E-state index contributed by atoms with van der Waals surface area (Å²) in [6.45, 7) is 3.64. The van der Waals surface area contributed by atoms with E-state index in [0.29, 0.717) is 52.2 Å². The third-order valence-corrected chi connectivity index (χ3v) is 7.07. The summed E-state index contributed by atoms with van der Waals surface area (Å²) in [7, 11) is 2.97. The van der Waals surface area contributed by atoms with E-state index in [4.69, 9.17) is 33.2 Å². The van der Waals surface area contributed by atoms with Crippen LogP contribution in [0.25, 0.3) is 0 Å². The average molecular weight is 647 g/mol. The van der Waals surface area contributed by atoms with Crippen LogP contribution in [0.5, 0.6) is 34.5 Å². The molecule has 0 spiro atoms. The summed E-state index contributed by atoms with van der Waals surface area (Å²) in [6.07, 6.45) is 1.46. The van der Waals surface area contributed by atoms with Gasteiger partial charge >= 0.3 is 12.0 Å². The van der Waals surface area contributed by atoms with Crippen molar-refractivity contribution in [3.8, 4) is 34.5 Å². The van der Waals surface area contributed by atoms with Crippen molar-refractivity contribution in [2.24, 2.45) is 5.10 Å². The highest BCUT2D eigenvalue weighted by Gasteiger charge is 2.32. The van der Waals surface area contributed by atoms with Gasteiger partial charge in [0.2, 0.25) is 6.79 Å². The van der Waals surface area contributed by atoms with E-state index < -0.39 is 23.9 Å². The van der Waals surface area contributed by atoms with Gasteiger partial charge in [0.25, 0.3) is 5.91 Å². The molecule has 0 aromatic heterocycles. The van der Waals surface area contributed by atoms with Crippen LogP contribution in [0, 0.1) is 0 Å². The number of esters is 1. The summed E-state index contributed by atoms with van der Waals surface area (Å²) in [5.41, 5.74) is 5.19. The highest BCUT2D eigenvalue weighted by molar-refractivity contribution is 5.95. The van der Waals surface area contributed by atoms with Crippen LogP contribution in [0.1, 0.15) is 36.6 Å². The number of amides is 3. The van der Waals surface area contributed by atoms with Crippen molar-refractivity contribution in [3.05, 3.63) is 82.6 Å². The Kier molecular flexibility index (Phi) is 10.3. The number of urea groups is 1. The monoisotopic (exact) mass is 646 g/mol. The van der Waals surface area contributed by atoms with Gasteiger partial charge in [0.15, 0.2) is 41.1 Å². The molecule has 2 heterocycles. The fourth-order valence-electron chi connectivity index (χ4n) is 4.84. The first-order valence-corrected chi connectivity index (χ1v) is 14.6. The highest BCUT2D eigenvalue weighted by Crippen LogP contribution is 2.35. The Labute approximate surface area is 270 Å². The Morgan fingerprint density at radius 3 is 2.49 bits per heavy atom. The normalized spacial score (nSPS) is 15.1. The molecule has 2 aliphatic heterocycles. The second-order valence-corrected chi connectivity index (χ2v) is 10.2. The van der Waals surface area contributed by atoms with E-state index in [1.54, 1.807) is 50.2 Å². The lowest BCUT2D eigenvalue weighted by molar-refractivity contribution is -0.139. The highest BCUT2D eigenvalue weighted by atomic mass is 16.7. The zero-order valence-corrected chi connectivity index (χ0v) is 26.2. The number of methoxy groups -OCH3 is 2. The topological polar surface area (TPSA) is 164 Å². The molecule has 0 fully saturated rings. The Morgan fingerprint density at radius 1 is 0.957 bits per heavy atom. The lowest BCUT2D eigenvalue weighted by atomic mass is 9.95. The van der Waals surface area contributed by atoms with Crippen LogP contribution in [0.15, 0.2) is 71.0 Å². The second-order valence-electron chi connectivity index (χ2n) is 10.2. The number of carbonyl (C=O) groups is 3. The first-order chi connectivity index (χ1) is 22.8. The predicted molar refractivity (Wildman–Crippen MR) is 168 cm³/mol. The third kappa shape index (κ3) is 7.84. The molecule has 0 unspecified atom stereocenters. The minimum absolute atomic E-state index is 0.179. The maximum absolute atomic E-state index is 12.6. The second kappa shape index (κ2) is 14.9. The number of nitrogens with one attached hydrogen (secondary N) is 3. The Morgan fingerprint density at radius 2 is 1.70 bits per heavy atom. The van der Waals surface area contributed by atoms with Gasteiger partial charge in [-0.25, -0.2) is 15.0 Å². The minimum Gasteiger partial charge on any atom is -0.493 e. The number of nitrogens with zero attached hydrogens (tertiary/aromatic N) is 1. The average Bonchev–Trinajstić information content (AvgIpc) is 3.54. The third-order valence-electron chi connectivity index (χ3n) is 7.07. The number of carbonyl (C=O) groups excluding carboxylic acids is 3. The van der Waals surface area contributed by atoms with Crippen LogP contribution >= 0.6 is 0 Å². The molecule has 47 heavy (non-hydrogen) atoms. The summed E-state index contributed by atoms with van der Waals surface area (Å²) in [6, 6.07) is 14.5. The van der Waals surface area contributed by atoms with Crippen LogP contribution in [0.3, 0.4) is 0 Å². The van der Waals surface area contributed by atoms with E-state index in [-0.39, 0.29) is 31.3 Å². The quantitative estimate of drug-likeness (QED) is 0.142. The van der Waals surface area contributed by atoms with E-state index in [0.717, 1.165) is 5.56 Å². The number of rotatable bonds is 13. The number of ether oxygens (including phenoxy) is 7. The zero-order chi connectivity index (χ0) is 33.3. The summed E-state index contributed by atoms with van der Waals surface area (Å²) >= 11 is 0. The molecule has 0 saturated carbocycles. The van der Waals surface area contributed by atoms with Gasteiger partial charge in [-0.05, 0) is 73.0 Å². The smallest absolute Gasteiger partial charge is 0.338 e. The van der Waals surface area contributed by atoms with Gasteiger partial charge in [0, 0.05) is 5.70 Å². The Hall–Kier alpha value is -5.92. The van der Waals surface area contributed by atoms with E-state index in [1.807, 2.05) is 18.2 Å². The first-order valence-electron chi connectivity index (χ1n) is 14.6. The number of benzene rings is 3. The van der Waals surface area contributed by atoms with Crippen molar-refractivity contribution < 1.29 is 47.5 Å². The van der Waals surface area contributed by atoms with Gasteiger partial charge in [-0.2, -0.15) is 5.10 Å². The molecule has 3 aromatic carbocycles. The molecule has 3 amide bonds. The van der Waals surface area contributed by atoms with Gasteiger partial charge in [0.05, 0.1) is 38.7 Å². The Bertz CT molecular complexity index is 1720. The summed E-state index contributed by atoms with van der Waals surface area (Å²) in [5.74, 6) is 1.89. The minimum atomic E-state index is -0.780. The molecular formula is C33H34N4O10. The number of hydrogen-bond donors (Lipinski definition) is 3. The predicted octanol–water partition coefficient (Wildman–Crippen LogP) is 3.73. The molecule has 3 aromatic rings. The van der Waals surface area contributed by atoms with Crippen LogP contribution in [-0.2, 0) is 20.9 Å². The molecule has 2 aliphatic rings. The van der Waals surface area contributed by atoms with Crippen LogP contribution in [0.2, 0.25) is 0 Å². The summed E-state index contributed by atoms with van der Waals surface area (Å²) < 4.78 is 38.5. The largest absolute Gasteiger partial charge is 0.493 e. The van der Waals surface area contributed by atoms with Crippen molar-refractivity contribution >= 4 is 24.1 Å². The van der Waals surface area contributed by atoms with Crippen LogP contribution in [-0.4, -0.2) is 58.3 Å². The standard InChI is InChI=1S/C33H34N4O10/c1-5-43-32(39)30-19(2)35-33(40)36-31(30)22-8-11-24(27(14-22)42-4)45-17-29(38)37-34-15-20-6-9-23(26(12-20)41-3)44-16-21-7-10-25-28(13-21)47-18-46-25/h6-15,31H,5,16-18H2,1-4H3,(H,37,38)(H2,35,36,40)/b34-15-/t31-/m0/s1. The summed E-state index contributed by atoms with van der Waals surface area (Å²) in [4.78, 5) is 37.3. The Balaban J connectivity index is 1.16. The number of hydrogen-bond acceptors (Lipinski definition) is 11. The molecule has 5 rings (SSSR count). The number of hydrazone groups is 1. The van der Waals surface area contributed by atoms with Crippen molar-refractivity contribution in [1.29, 1.82) is 0 Å². The molecule has 14 heteroatoms. The van der Waals surface area contributed by atoms with Crippen molar-refractivity contribution in [2.75, 3.05) is 34.2 Å². The van der Waals surface area contributed by atoms with E-state index in [1.165, 1.54) is 20.4 Å². The fraction of sp³-hybridized carbons (Fsp3) is 0.273. The van der Waals surface area contributed by atoms with Crippen molar-refractivity contribution in [2.45, 2.75) is 26.5 Å². The molecule has 0 radical (unpaired) electrons. The first kappa shape index (κ1) is 32.5. The van der Waals surface area contributed by atoms with Crippen LogP contribution in [0.4, 0.5) is 4.79 Å².